The van der Waals surface area contributed by atoms with Gasteiger partial charge in [0.15, 0.2) is 0 Å². The zero-order valence-electron chi connectivity index (χ0n) is 14.4. The fraction of sp³-hybridized carbons (Fsp3) is 0.278. The zero-order valence-corrected chi connectivity index (χ0v) is 16.0. The molecular weight excluding hydrogens is 393 g/mol. The molecule has 0 saturated carbocycles. The molecule has 0 aliphatic carbocycles. The summed E-state index contributed by atoms with van der Waals surface area (Å²) < 4.78 is 39.7. The average Bonchev–Trinajstić information content (AvgIpc) is 2.69. The van der Waals surface area contributed by atoms with Gasteiger partial charge >= 0.3 is 6.03 Å². The van der Waals surface area contributed by atoms with E-state index in [4.69, 9.17) is 11.6 Å². The number of nitrogens with zero attached hydrogens (tertiary/aromatic N) is 2. The fourth-order valence-electron chi connectivity index (χ4n) is 2.81. The van der Waals surface area contributed by atoms with Crippen LogP contribution in [0.5, 0.6) is 0 Å². The second-order valence-corrected chi connectivity index (χ2v) is 8.46. The number of sulfonamides is 1. The van der Waals surface area contributed by atoms with Gasteiger partial charge in [-0.1, -0.05) is 35.9 Å². The van der Waals surface area contributed by atoms with E-state index in [2.05, 4.69) is 5.32 Å². The lowest BCUT2D eigenvalue weighted by atomic mass is 10.2. The summed E-state index contributed by atoms with van der Waals surface area (Å²) in [4.78, 5) is 14.1. The third-order valence-electron chi connectivity index (χ3n) is 4.33. The van der Waals surface area contributed by atoms with Crippen molar-refractivity contribution in [1.29, 1.82) is 0 Å². The Bertz CT molecular complexity index is 917. The smallest absolute Gasteiger partial charge is 0.317 e. The van der Waals surface area contributed by atoms with E-state index in [0.717, 1.165) is 0 Å². The molecule has 6 nitrogen and oxygen atoms in total. The lowest BCUT2D eigenvalue weighted by Crippen LogP contribution is -2.52. The van der Waals surface area contributed by atoms with E-state index in [1.807, 2.05) is 0 Å². The molecule has 1 saturated heterocycles. The predicted molar refractivity (Wildman–Crippen MR) is 100 cm³/mol. The van der Waals surface area contributed by atoms with Crippen molar-refractivity contribution < 1.29 is 17.6 Å². The maximum Gasteiger partial charge on any atom is 0.317 e. The number of carbonyl (C=O) groups excluding carboxylic acids is 1. The monoisotopic (exact) mass is 411 g/mol. The normalized spacial score (nSPS) is 15.6. The van der Waals surface area contributed by atoms with Gasteiger partial charge < -0.3 is 10.2 Å². The van der Waals surface area contributed by atoms with Crippen LogP contribution in [0.25, 0.3) is 0 Å². The Balaban J connectivity index is 1.54. The van der Waals surface area contributed by atoms with Crippen LogP contribution in [0.3, 0.4) is 0 Å². The van der Waals surface area contributed by atoms with Gasteiger partial charge in [0.05, 0.1) is 9.92 Å². The van der Waals surface area contributed by atoms with E-state index in [1.165, 1.54) is 16.4 Å². The van der Waals surface area contributed by atoms with E-state index in [1.54, 1.807) is 41.3 Å². The maximum absolute atomic E-state index is 13.2. The lowest BCUT2D eigenvalue weighted by Gasteiger charge is -2.34. The molecule has 1 aliphatic heterocycles. The Labute approximate surface area is 162 Å². The van der Waals surface area contributed by atoms with E-state index in [9.17, 15) is 17.6 Å². The number of hydrogen-bond donors (Lipinski definition) is 1. The molecule has 0 aromatic heterocycles. The van der Waals surface area contributed by atoms with Crippen LogP contribution >= 0.6 is 11.6 Å². The van der Waals surface area contributed by atoms with Crippen molar-refractivity contribution in [2.75, 3.05) is 26.2 Å². The molecule has 0 atom stereocenters. The Morgan fingerprint density at radius 1 is 1.07 bits per heavy atom. The lowest BCUT2D eigenvalue weighted by molar-refractivity contribution is 0.172. The van der Waals surface area contributed by atoms with E-state index >= 15 is 0 Å². The Morgan fingerprint density at radius 3 is 2.37 bits per heavy atom. The molecule has 3 rings (SSSR count). The molecule has 27 heavy (non-hydrogen) atoms. The summed E-state index contributed by atoms with van der Waals surface area (Å²) in [5.41, 5.74) is 0.681. The summed E-state index contributed by atoms with van der Waals surface area (Å²) in [6.07, 6.45) is 0. The van der Waals surface area contributed by atoms with Crippen LogP contribution in [0.15, 0.2) is 53.4 Å². The molecule has 2 aromatic carbocycles. The summed E-state index contributed by atoms with van der Waals surface area (Å²) in [5, 5.41) is 2.74. The summed E-state index contributed by atoms with van der Waals surface area (Å²) >= 11 is 5.73. The molecular formula is C18H19ClFN3O3S. The predicted octanol–water partition coefficient (Wildman–Crippen LogP) is 2.70. The third kappa shape index (κ3) is 4.58. The Kier molecular flexibility index (Phi) is 5.98. The highest BCUT2D eigenvalue weighted by Gasteiger charge is 2.29. The van der Waals surface area contributed by atoms with Crippen molar-refractivity contribution in [3.8, 4) is 0 Å². The van der Waals surface area contributed by atoms with Gasteiger partial charge in [0.2, 0.25) is 10.0 Å². The number of benzene rings is 2. The Hall–Kier alpha value is -2.16. The molecule has 2 amide bonds. The number of urea groups is 1. The summed E-state index contributed by atoms with van der Waals surface area (Å²) in [7, 11) is -3.55. The quantitative estimate of drug-likeness (QED) is 0.840. The minimum Gasteiger partial charge on any atom is -0.334 e. The Morgan fingerprint density at radius 2 is 1.74 bits per heavy atom. The summed E-state index contributed by atoms with van der Waals surface area (Å²) in [6, 6.07) is 12.2. The molecule has 0 unspecified atom stereocenters. The van der Waals surface area contributed by atoms with Crippen molar-refractivity contribution in [2.45, 2.75) is 11.4 Å². The topological polar surface area (TPSA) is 69.7 Å². The van der Waals surface area contributed by atoms with Crippen molar-refractivity contribution in [3.63, 3.8) is 0 Å². The highest BCUT2D eigenvalue weighted by molar-refractivity contribution is 7.89. The van der Waals surface area contributed by atoms with Gasteiger partial charge in [0.1, 0.15) is 5.82 Å². The largest absolute Gasteiger partial charge is 0.334 e. The minimum absolute atomic E-state index is 0.00137. The molecule has 0 radical (unpaired) electrons. The molecule has 1 heterocycles. The van der Waals surface area contributed by atoms with Crippen molar-refractivity contribution in [1.82, 2.24) is 14.5 Å². The van der Waals surface area contributed by atoms with Crippen LogP contribution in [0, 0.1) is 5.82 Å². The van der Waals surface area contributed by atoms with Gasteiger partial charge in [-0.05, 0) is 29.8 Å². The number of nitrogens with one attached hydrogen (secondary N) is 1. The molecule has 0 bridgehead atoms. The van der Waals surface area contributed by atoms with Crippen LogP contribution in [0.1, 0.15) is 5.56 Å². The number of amides is 2. The second kappa shape index (κ2) is 8.24. The van der Waals surface area contributed by atoms with Crippen LogP contribution in [-0.2, 0) is 16.6 Å². The van der Waals surface area contributed by atoms with Crippen LogP contribution in [0.2, 0.25) is 5.02 Å². The van der Waals surface area contributed by atoms with Gasteiger partial charge in [0.25, 0.3) is 0 Å². The SMILES string of the molecule is O=C(NCc1ccc(F)c(Cl)c1)N1CCN(S(=O)(=O)c2ccccc2)CC1. The van der Waals surface area contributed by atoms with E-state index in [0.29, 0.717) is 18.7 Å². The van der Waals surface area contributed by atoms with Crippen molar-refractivity contribution >= 4 is 27.7 Å². The van der Waals surface area contributed by atoms with Gasteiger partial charge in [-0.15, -0.1) is 0 Å². The van der Waals surface area contributed by atoms with E-state index < -0.39 is 15.8 Å². The van der Waals surface area contributed by atoms with E-state index in [-0.39, 0.29) is 35.6 Å². The molecule has 2 aromatic rings. The highest BCUT2D eigenvalue weighted by Crippen LogP contribution is 2.18. The third-order valence-corrected chi connectivity index (χ3v) is 6.54. The number of halogens is 2. The van der Waals surface area contributed by atoms with Crippen molar-refractivity contribution in [2.24, 2.45) is 0 Å². The first-order chi connectivity index (χ1) is 12.9. The number of hydrogen-bond acceptors (Lipinski definition) is 3. The minimum atomic E-state index is -3.55. The standard InChI is InChI=1S/C18H19ClFN3O3S/c19-16-12-14(6-7-17(16)20)13-21-18(24)22-8-10-23(11-9-22)27(25,26)15-4-2-1-3-5-15/h1-7,12H,8-11,13H2,(H,21,24). The van der Waals surface area contributed by atoms with Crippen LogP contribution in [0.4, 0.5) is 9.18 Å². The number of piperazine rings is 1. The zero-order chi connectivity index (χ0) is 19.4. The molecule has 1 N–H and O–H groups in total. The van der Waals surface area contributed by atoms with Gasteiger partial charge in [0, 0.05) is 32.7 Å². The van der Waals surface area contributed by atoms with Gasteiger partial charge in [-0.2, -0.15) is 4.31 Å². The van der Waals surface area contributed by atoms with Crippen LogP contribution < -0.4 is 5.32 Å². The first-order valence-corrected chi connectivity index (χ1v) is 10.2. The second-order valence-electron chi connectivity index (χ2n) is 6.11. The first-order valence-electron chi connectivity index (χ1n) is 8.40. The summed E-state index contributed by atoms with van der Waals surface area (Å²) in [5.74, 6) is -0.512. The average molecular weight is 412 g/mol. The van der Waals surface area contributed by atoms with Gasteiger partial charge in [-0.3, -0.25) is 0 Å². The highest BCUT2D eigenvalue weighted by atomic mass is 35.5. The number of rotatable bonds is 4. The molecule has 144 valence electrons. The number of carbonyl (C=O) groups is 1. The van der Waals surface area contributed by atoms with Crippen LogP contribution in [-0.4, -0.2) is 49.8 Å². The van der Waals surface area contributed by atoms with Crippen molar-refractivity contribution in [3.05, 3.63) is 64.9 Å². The maximum atomic E-state index is 13.2. The van der Waals surface area contributed by atoms with Gasteiger partial charge in [-0.25, -0.2) is 17.6 Å². The summed E-state index contributed by atoms with van der Waals surface area (Å²) in [6.45, 7) is 1.26. The molecule has 1 fully saturated rings. The molecule has 0 spiro atoms. The first kappa shape index (κ1) is 19.6. The molecule has 1 aliphatic rings. The molecule has 9 heteroatoms. The fourth-order valence-corrected chi connectivity index (χ4v) is 4.46.